The number of rotatable bonds is 9. The quantitative estimate of drug-likeness (QED) is 0.264. The molecule has 2 aromatic rings. The van der Waals surface area contributed by atoms with Gasteiger partial charge in [-0.3, -0.25) is 0 Å². The minimum atomic E-state index is -0.0926. The lowest BCUT2D eigenvalue weighted by Crippen LogP contribution is -1.91. The monoisotopic (exact) mass is 365 g/mol. The summed E-state index contributed by atoms with van der Waals surface area (Å²) in [6.07, 6.45) is 1.66. The molecule has 0 saturated heterocycles. The van der Waals surface area contributed by atoms with Gasteiger partial charge in [0.15, 0.2) is 11.5 Å². The molecule has 0 aliphatic rings. The Hall–Kier alpha value is -1.86. The average molecular weight is 365 g/mol. The Morgan fingerprint density at radius 2 is 1.38 bits per heavy atom. The van der Waals surface area contributed by atoms with E-state index < -0.39 is 0 Å². The Morgan fingerprint density at radius 1 is 0.792 bits per heavy atom. The van der Waals surface area contributed by atoms with Gasteiger partial charge in [0.05, 0.1) is 0 Å². The third-order valence-corrected chi connectivity index (χ3v) is 5.73. The highest BCUT2D eigenvalue weighted by Gasteiger charge is 2.03. The van der Waals surface area contributed by atoms with Crippen LogP contribution >= 0.6 is 23.5 Å². The molecule has 0 aliphatic heterocycles. The van der Waals surface area contributed by atoms with E-state index in [4.69, 9.17) is 0 Å². The van der Waals surface area contributed by atoms with Crippen molar-refractivity contribution in [3.63, 3.8) is 0 Å². The molecule has 0 unspecified atom stereocenters. The Kier molecular flexibility index (Phi) is 7.27. The zero-order valence-electron chi connectivity index (χ0n) is 13.0. The summed E-state index contributed by atoms with van der Waals surface area (Å²) >= 11 is 3.63. The summed E-state index contributed by atoms with van der Waals surface area (Å²) in [6, 6.07) is 9.83. The number of thioether (sulfide) groups is 2. The smallest absolute Gasteiger partial charge is 0.157 e. The minimum absolute atomic E-state index is 0.0703. The van der Waals surface area contributed by atoms with Crippen molar-refractivity contribution in [2.75, 3.05) is 16.6 Å². The van der Waals surface area contributed by atoms with Crippen LogP contribution in [0.15, 0.2) is 41.6 Å². The first-order chi connectivity index (χ1) is 11.6. The molecule has 3 N–H and O–H groups in total. The van der Waals surface area contributed by atoms with Gasteiger partial charge in [0.2, 0.25) is 0 Å². The van der Waals surface area contributed by atoms with E-state index in [0.29, 0.717) is 0 Å². The van der Waals surface area contributed by atoms with E-state index in [1.54, 1.807) is 18.2 Å². The van der Waals surface area contributed by atoms with Gasteiger partial charge in [0.1, 0.15) is 11.4 Å². The largest absolute Gasteiger partial charge is 0.506 e. The van der Waals surface area contributed by atoms with E-state index >= 15 is 0 Å². The van der Waals surface area contributed by atoms with Crippen LogP contribution in [0, 0.1) is 4.91 Å². The van der Waals surface area contributed by atoms with Gasteiger partial charge in [0.25, 0.3) is 0 Å². The van der Waals surface area contributed by atoms with Crippen LogP contribution in [0.25, 0.3) is 0 Å². The maximum absolute atomic E-state index is 10.4. The molecule has 128 valence electrons. The topological polar surface area (TPSA) is 90.1 Å². The van der Waals surface area contributed by atoms with E-state index in [1.165, 1.54) is 12.1 Å². The number of hydrogen-bond acceptors (Lipinski definition) is 7. The summed E-state index contributed by atoms with van der Waals surface area (Å²) in [5, 5.41) is 32.0. The molecule has 5 nitrogen and oxygen atoms in total. The molecule has 24 heavy (non-hydrogen) atoms. The second-order valence-corrected chi connectivity index (χ2v) is 7.75. The van der Waals surface area contributed by atoms with Crippen LogP contribution in [0.5, 0.6) is 17.2 Å². The van der Waals surface area contributed by atoms with Gasteiger partial charge < -0.3 is 15.3 Å². The first-order valence-electron chi connectivity index (χ1n) is 7.41. The first kappa shape index (κ1) is 18.5. The lowest BCUT2D eigenvalue weighted by atomic mass is 10.1. The highest BCUT2D eigenvalue weighted by molar-refractivity contribution is 8.15. The van der Waals surface area contributed by atoms with E-state index in [0.717, 1.165) is 40.6 Å². The SMILES string of the molecule is O=Nc1ccc(CCSCSCCc2ccc(O)c(O)c2)cc1O. The number of benzene rings is 2. The van der Waals surface area contributed by atoms with Crippen LogP contribution in [0.2, 0.25) is 0 Å². The normalized spacial score (nSPS) is 10.7. The Balaban J connectivity index is 1.60. The third kappa shape index (κ3) is 5.65. The number of hydrogen-bond donors (Lipinski definition) is 3. The van der Waals surface area contributed by atoms with E-state index in [9.17, 15) is 20.2 Å². The third-order valence-electron chi connectivity index (χ3n) is 3.41. The van der Waals surface area contributed by atoms with Crippen LogP contribution in [-0.4, -0.2) is 31.9 Å². The van der Waals surface area contributed by atoms with Gasteiger partial charge in [-0.1, -0.05) is 12.1 Å². The van der Waals surface area contributed by atoms with Gasteiger partial charge in [-0.05, 0) is 64.9 Å². The molecule has 0 atom stereocenters. The zero-order valence-corrected chi connectivity index (χ0v) is 14.6. The van der Waals surface area contributed by atoms with Gasteiger partial charge in [0, 0.05) is 5.08 Å². The number of nitroso groups, excluding NO2 is 1. The summed E-state index contributed by atoms with van der Waals surface area (Å²) in [5.41, 5.74) is 2.06. The fourth-order valence-electron chi connectivity index (χ4n) is 2.08. The van der Waals surface area contributed by atoms with Crippen molar-refractivity contribution in [1.29, 1.82) is 0 Å². The molecule has 0 spiro atoms. The van der Waals surface area contributed by atoms with Crippen molar-refractivity contribution in [3.05, 3.63) is 52.4 Å². The molecule has 7 heteroatoms. The van der Waals surface area contributed by atoms with Crippen LogP contribution in [0.4, 0.5) is 5.69 Å². The lowest BCUT2D eigenvalue weighted by Gasteiger charge is -2.05. The Morgan fingerprint density at radius 3 is 1.92 bits per heavy atom. The second kappa shape index (κ2) is 9.44. The van der Waals surface area contributed by atoms with Gasteiger partial charge in [-0.2, -0.15) is 23.5 Å². The van der Waals surface area contributed by atoms with Crippen molar-refractivity contribution in [2.24, 2.45) is 5.18 Å². The lowest BCUT2D eigenvalue weighted by molar-refractivity contribution is 0.403. The predicted molar refractivity (Wildman–Crippen MR) is 101 cm³/mol. The number of aryl methyl sites for hydroxylation is 2. The highest BCUT2D eigenvalue weighted by Crippen LogP contribution is 2.28. The van der Waals surface area contributed by atoms with Crippen LogP contribution < -0.4 is 0 Å². The summed E-state index contributed by atoms with van der Waals surface area (Å²) in [5.74, 6) is 1.63. The molecule has 0 heterocycles. The van der Waals surface area contributed by atoms with E-state index in [2.05, 4.69) is 5.18 Å². The molecular formula is C17H19NO4S2. The van der Waals surface area contributed by atoms with Crippen LogP contribution in [-0.2, 0) is 12.8 Å². The molecule has 0 amide bonds. The van der Waals surface area contributed by atoms with Crippen LogP contribution in [0.1, 0.15) is 11.1 Å². The van der Waals surface area contributed by atoms with Crippen molar-refractivity contribution in [2.45, 2.75) is 12.8 Å². The molecular weight excluding hydrogens is 346 g/mol. The molecule has 0 fully saturated rings. The average Bonchev–Trinajstić information content (AvgIpc) is 2.57. The molecule has 0 aromatic heterocycles. The maximum atomic E-state index is 10.4. The number of aromatic hydroxyl groups is 3. The first-order valence-corrected chi connectivity index (χ1v) is 9.72. The molecule has 2 rings (SSSR count). The second-order valence-electron chi connectivity index (χ2n) is 5.17. The number of phenols is 3. The van der Waals surface area contributed by atoms with Crippen molar-refractivity contribution < 1.29 is 15.3 Å². The van der Waals surface area contributed by atoms with Crippen LogP contribution in [0.3, 0.4) is 0 Å². The number of phenolic OH excluding ortho intramolecular Hbond substituents is 3. The summed E-state index contributed by atoms with van der Waals surface area (Å²) in [4.78, 5) is 10.4. The molecule has 0 saturated carbocycles. The standard InChI is InChI=1S/C17H19NO4S2/c19-15-4-2-13(10-17(15)21)6-8-24-11-23-7-5-12-1-3-14(18-22)16(20)9-12/h1-4,9-10,19-21H,5-8,11H2. The van der Waals surface area contributed by atoms with Crippen molar-refractivity contribution in [1.82, 2.24) is 0 Å². The minimum Gasteiger partial charge on any atom is -0.506 e. The molecule has 0 radical (unpaired) electrons. The summed E-state index contributed by atoms with van der Waals surface area (Å²) in [7, 11) is 0. The summed E-state index contributed by atoms with van der Waals surface area (Å²) in [6.45, 7) is 0. The van der Waals surface area contributed by atoms with Crippen molar-refractivity contribution in [3.8, 4) is 17.2 Å². The van der Waals surface area contributed by atoms with Gasteiger partial charge >= 0.3 is 0 Å². The molecule has 0 aliphatic carbocycles. The summed E-state index contributed by atoms with van der Waals surface area (Å²) < 4.78 is 0. The number of nitrogens with zero attached hydrogens (tertiary/aromatic N) is 1. The molecule has 2 aromatic carbocycles. The highest BCUT2D eigenvalue weighted by atomic mass is 32.2. The van der Waals surface area contributed by atoms with E-state index in [1.807, 2.05) is 29.6 Å². The maximum Gasteiger partial charge on any atom is 0.157 e. The Bertz CT molecular complexity index is 694. The molecule has 0 bridgehead atoms. The fraction of sp³-hybridized carbons (Fsp3) is 0.294. The zero-order chi connectivity index (χ0) is 17.4. The fourth-order valence-corrected chi connectivity index (χ4v) is 4.26. The predicted octanol–water partition coefficient (Wildman–Crippen LogP) is 4.41. The Labute approximate surface area is 149 Å². The van der Waals surface area contributed by atoms with Crippen molar-refractivity contribution >= 4 is 29.2 Å². The van der Waals surface area contributed by atoms with E-state index in [-0.39, 0.29) is 22.9 Å². The van der Waals surface area contributed by atoms with Gasteiger partial charge in [-0.25, -0.2) is 0 Å². The van der Waals surface area contributed by atoms with Gasteiger partial charge in [-0.15, -0.1) is 4.91 Å².